The van der Waals surface area contributed by atoms with Gasteiger partial charge in [0.05, 0.1) is 9.40 Å². The van der Waals surface area contributed by atoms with E-state index in [1.165, 1.54) is 119 Å². The topological polar surface area (TPSA) is 0 Å². The molecule has 0 spiro atoms. The van der Waals surface area contributed by atoms with Crippen LogP contribution in [-0.4, -0.2) is 0 Å². The third kappa shape index (κ3) is 5.02. The molecule has 2 saturated carbocycles. The smallest absolute Gasteiger partial charge is 0.0542 e. The molecule has 0 saturated heterocycles. The standard InChI is InChI=1S/C34H44S2/c1-3-5-7-23-9-13-25(14-10-23)27-17-19-29-31(21-27)35-34-30-20-18-28(22-32(30)36-33(29)34)26-15-11-24(12-16-26)8-6-4-2/h17-26H,3-16H2,1-2H3. The Morgan fingerprint density at radius 2 is 1.00 bits per heavy atom. The van der Waals surface area contributed by atoms with Crippen LogP contribution in [-0.2, 0) is 0 Å². The van der Waals surface area contributed by atoms with Crippen molar-refractivity contribution in [1.82, 2.24) is 0 Å². The van der Waals surface area contributed by atoms with Gasteiger partial charge >= 0.3 is 0 Å². The van der Waals surface area contributed by atoms with Crippen LogP contribution in [0, 0.1) is 11.8 Å². The molecule has 2 aromatic carbocycles. The molecule has 2 aliphatic rings. The predicted octanol–water partition coefficient (Wildman–Crippen LogP) is 12.2. The molecule has 2 aliphatic carbocycles. The van der Waals surface area contributed by atoms with E-state index >= 15 is 0 Å². The zero-order valence-corrected chi connectivity index (χ0v) is 24.1. The molecular formula is C34H44S2. The Hall–Kier alpha value is -1.38. The molecule has 0 atom stereocenters. The molecule has 0 radical (unpaired) electrons. The molecule has 0 N–H and O–H groups in total. The van der Waals surface area contributed by atoms with Crippen molar-refractivity contribution >= 4 is 52.2 Å². The van der Waals surface area contributed by atoms with Crippen LogP contribution in [0.15, 0.2) is 36.4 Å². The van der Waals surface area contributed by atoms with E-state index in [0.717, 1.165) is 23.7 Å². The van der Waals surface area contributed by atoms with E-state index in [2.05, 4.69) is 50.2 Å². The Balaban J connectivity index is 1.19. The summed E-state index contributed by atoms with van der Waals surface area (Å²) >= 11 is 4.09. The van der Waals surface area contributed by atoms with Crippen molar-refractivity contribution in [3.05, 3.63) is 47.5 Å². The van der Waals surface area contributed by atoms with Crippen molar-refractivity contribution in [2.45, 2.75) is 116 Å². The third-order valence-electron chi connectivity index (χ3n) is 9.70. The Morgan fingerprint density at radius 3 is 1.39 bits per heavy atom. The minimum absolute atomic E-state index is 0.781. The van der Waals surface area contributed by atoms with E-state index in [1.54, 1.807) is 11.1 Å². The van der Waals surface area contributed by atoms with Gasteiger partial charge in [-0.3, -0.25) is 0 Å². The lowest BCUT2D eigenvalue weighted by Crippen LogP contribution is -2.13. The van der Waals surface area contributed by atoms with Crippen molar-refractivity contribution in [3.8, 4) is 0 Å². The Kier molecular flexibility index (Phi) is 7.73. The number of hydrogen-bond donors (Lipinski definition) is 0. The van der Waals surface area contributed by atoms with Gasteiger partial charge in [-0.1, -0.05) is 76.6 Å². The van der Waals surface area contributed by atoms with E-state index in [4.69, 9.17) is 0 Å². The summed E-state index contributed by atoms with van der Waals surface area (Å²) in [5.74, 6) is 3.54. The molecule has 4 aromatic rings. The lowest BCUT2D eigenvalue weighted by Gasteiger charge is -2.29. The van der Waals surface area contributed by atoms with Gasteiger partial charge < -0.3 is 0 Å². The Bertz CT molecular complexity index is 1190. The maximum atomic E-state index is 2.56. The second kappa shape index (κ2) is 11.2. The van der Waals surface area contributed by atoms with E-state index in [1.807, 2.05) is 22.7 Å². The van der Waals surface area contributed by atoms with Crippen LogP contribution in [0.1, 0.15) is 127 Å². The molecule has 6 rings (SSSR count). The molecule has 2 heterocycles. The van der Waals surface area contributed by atoms with Crippen molar-refractivity contribution < 1.29 is 0 Å². The summed E-state index contributed by atoms with van der Waals surface area (Å²) in [6.45, 7) is 4.66. The van der Waals surface area contributed by atoms with E-state index in [9.17, 15) is 0 Å². The van der Waals surface area contributed by atoms with Crippen molar-refractivity contribution in [3.63, 3.8) is 0 Å². The third-order valence-corrected chi connectivity index (χ3v) is 12.2. The van der Waals surface area contributed by atoms with Gasteiger partial charge in [0, 0.05) is 20.2 Å². The van der Waals surface area contributed by atoms with E-state index in [0.29, 0.717) is 0 Å². The first-order chi connectivity index (χ1) is 17.7. The van der Waals surface area contributed by atoms with Crippen LogP contribution >= 0.6 is 22.7 Å². The van der Waals surface area contributed by atoms with Gasteiger partial charge in [0.15, 0.2) is 0 Å². The van der Waals surface area contributed by atoms with Gasteiger partial charge in [0.2, 0.25) is 0 Å². The normalized spacial score (nSPS) is 25.3. The minimum Gasteiger partial charge on any atom is -0.134 e. The predicted molar refractivity (Wildman–Crippen MR) is 163 cm³/mol. The van der Waals surface area contributed by atoms with Gasteiger partial charge in [-0.15, -0.1) is 22.7 Å². The highest BCUT2D eigenvalue weighted by molar-refractivity contribution is 7.36. The molecule has 0 bridgehead atoms. The van der Waals surface area contributed by atoms with Gasteiger partial charge in [-0.05, 0) is 98.3 Å². The van der Waals surface area contributed by atoms with Crippen molar-refractivity contribution in [1.29, 1.82) is 0 Å². The van der Waals surface area contributed by atoms with Crippen LogP contribution in [0.4, 0.5) is 0 Å². The molecule has 36 heavy (non-hydrogen) atoms. The fourth-order valence-corrected chi connectivity index (χ4v) is 10.1. The van der Waals surface area contributed by atoms with E-state index in [-0.39, 0.29) is 0 Å². The first-order valence-electron chi connectivity index (χ1n) is 15.1. The summed E-state index contributed by atoms with van der Waals surface area (Å²) < 4.78 is 6.08. The molecule has 2 aromatic heterocycles. The molecule has 192 valence electrons. The number of benzene rings is 2. The van der Waals surface area contributed by atoms with Crippen molar-refractivity contribution in [2.24, 2.45) is 11.8 Å². The summed E-state index contributed by atoms with van der Waals surface area (Å²) in [5, 5.41) is 2.99. The highest BCUT2D eigenvalue weighted by Crippen LogP contribution is 2.47. The highest BCUT2D eigenvalue weighted by Gasteiger charge is 2.24. The maximum Gasteiger partial charge on any atom is 0.0542 e. The molecule has 0 aliphatic heterocycles. The number of thiophene rings is 2. The second-order valence-corrected chi connectivity index (χ2v) is 14.2. The summed E-state index contributed by atoms with van der Waals surface area (Å²) in [6.07, 6.45) is 19.8. The Labute approximate surface area is 226 Å². The quantitative estimate of drug-likeness (QED) is 0.218. The average Bonchev–Trinajstić information content (AvgIpc) is 3.46. The average molecular weight is 517 g/mol. The van der Waals surface area contributed by atoms with Crippen LogP contribution in [0.5, 0.6) is 0 Å². The number of rotatable bonds is 8. The van der Waals surface area contributed by atoms with Crippen LogP contribution in [0.3, 0.4) is 0 Å². The molecule has 0 nitrogen and oxygen atoms in total. The van der Waals surface area contributed by atoms with Gasteiger partial charge in [0.1, 0.15) is 0 Å². The zero-order chi connectivity index (χ0) is 24.5. The molecule has 2 heteroatoms. The lowest BCUT2D eigenvalue weighted by atomic mass is 9.77. The fraction of sp³-hybridized carbons (Fsp3) is 0.588. The molecule has 2 fully saturated rings. The van der Waals surface area contributed by atoms with Crippen LogP contribution in [0.25, 0.3) is 29.6 Å². The lowest BCUT2D eigenvalue weighted by molar-refractivity contribution is 0.304. The number of hydrogen-bond acceptors (Lipinski definition) is 2. The van der Waals surface area contributed by atoms with Gasteiger partial charge in [-0.25, -0.2) is 0 Å². The van der Waals surface area contributed by atoms with Crippen molar-refractivity contribution in [2.75, 3.05) is 0 Å². The highest BCUT2D eigenvalue weighted by atomic mass is 32.1. The first kappa shape index (κ1) is 24.9. The molecular weight excluding hydrogens is 473 g/mol. The second-order valence-electron chi connectivity index (χ2n) is 12.1. The fourth-order valence-electron chi connectivity index (χ4n) is 7.35. The van der Waals surface area contributed by atoms with Gasteiger partial charge in [0.25, 0.3) is 0 Å². The van der Waals surface area contributed by atoms with Crippen LogP contribution < -0.4 is 0 Å². The largest absolute Gasteiger partial charge is 0.134 e. The summed E-state index contributed by atoms with van der Waals surface area (Å²) in [4.78, 5) is 0. The summed E-state index contributed by atoms with van der Waals surface area (Å²) in [7, 11) is 0. The number of fused-ring (bicyclic) bond motifs is 5. The monoisotopic (exact) mass is 516 g/mol. The number of unbranched alkanes of at least 4 members (excludes halogenated alkanes) is 2. The summed E-state index contributed by atoms with van der Waals surface area (Å²) in [5.41, 5.74) is 3.21. The minimum atomic E-state index is 0.781. The van der Waals surface area contributed by atoms with Crippen LogP contribution in [0.2, 0.25) is 0 Å². The van der Waals surface area contributed by atoms with Gasteiger partial charge in [-0.2, -0.15) is 0 Å². The SMILES string of the molecule is CCCCC1CCC(c2ccc3c(c2)sc2c4ccc(C5CCC(CCCC)CC5)cc4sc32)CC1. The molecule has 0 unspecified atom stereocenters. The summed E-state index contributed by atoms with van der Waals surface area (Å²) in [6, 6.07) is 15.0. The molecule has 0 amide bonds. The Morgan fingerprint density at radius 1 is 0.583 bits per heavy atom. The zero-order valence-electron chi connectivity index (χ0n) is 22.5. The van der Waals surface area contributed by atoms with E-state index < -0.39 is 0 Å². The maximum absolute atomic E-state index is 2.56. The first-order valence-corrected chi connectivity index (χ1v) is 16.7.